The van der Waals surface area contributed by atoms with Gasteiger partial charge < -0.3 is 19.8 Å². The second kappa shape index (κ2) is 5.86. The molecule has 0 unspecified atom stereocenters. The predicted molar refractivity (Wildman–Crippen MR) is 70.3 cm³/mol. The van der Waals surface area contributed by atoms with Gasteiger partial charge in [-0.2, -0.15) is 0 Å². The van der Waals surface area contributed by atoms with Crippen molar-refractivity contribution in [1.29, 1.82) is 0 Å². The minimum Gasteiger partial charge on any atom is -0.457 e. The number of amides is 1. The Morgan fingerprint density at radius 2 is 2.50 bits per heavy atom. The highest BCUT2D eigenvalue weighted by molar-refractivity contribution is 9.10. The molecule has 1 saturated heterocycles. The molecular formula is C12H17BrN2O3. The largest absolute Gasteiger partial charge is 0.457 e. The van der Waals surface area contributed by atoms with Crippen molar-refractivity contribution in [2.45, 2.75) is 25.0 Å². The number of likely N-dealkylation sites (tertiary alicyclic amines) is 1. The fourth-order valence-electron chi connectivity index (χ4n) is 2.31. The molecule has 1 aliphatic rings. The second-order valence-corrected chi connectivity index (χ2v) is 5.19. The Labute approximate surface area is 114 Å². The average molecular weight is 317 g/mol. The molecule has 18 heavy (non-hydrogen) atoms. The van der Waals surface area contributed by atoms with Crippen molar-refractivity contribution < 1.29 is 13.9 Å². The first-order valence-corrected chi connectivity index (χ1v) is 6.73. The van der Waals surface area contributed by atoms with Crippen molar-refractivity contribution in [3.63, 3.8) is 0 Å². The molecule has 2 atom stereocenters. The maximum Gasteiger partial charge on any atom is 0.257 e. The molecule has 2 rings (SSSR count). The molecule has 0 aromatic carbocycles. The van der Waals surface area contributed by atoms with E-state index in [-0.39, 0.29) is 18.1 Å². The van der Waals surface area contributed by atoms with Gasteiger partial charge in [0.1, 0.15) is 6.26 Å². The molecule has 6 heteroatoms. The SMILES string of the molecule is CO[C@H]1CCN(C(=O)c2coc(Br)c2)[C@@H](CN)C1. The maximum absolute atomic E-state index is 12.3. The van der Waals surface area contributed by atoms with Gasteiger partial charge in [0.2, 0.25) is 0 Å². The van der Waals surface area contributed by atoms with E-state index in [1.807, 2.05) is 4.90 Å². The van der Waals surface area contributed by atoms with E-state index in [2.05, 4.69) is 15.9 Å². The van der Waals surface area contributed by atoms with Crippen LogP contribution in [0.3, 0.4) is 0 Å². The fraction of sp³-hybridized carbons (Fsp3) is 0.583. The van der Waals surface area contributed by atoms with Crippen LogP contribution in [0.2, 0.25) is 0 Å². The Morgan fingerprint density at radius 1 is 1.72 bits per heavy atom. The number of ether oxygens (including phenoxy) is 1. The minimum absolute atomic E-state index is 0.0323. The smallest absolute Gasteiger partial charge is 0.257 e. The molecule has 1 amide bonds. The summed E-state index contributed by atoms with van der Waals surface area (Å²) in [5, 5.41) is 0. The lowest BCUT2D eigenvalue weighted by molar-refractivity contribution is 0.0139. The van der Waals surface area contributed by atoms with Crippen molar-refractivity contribution in [1.82, 2.24) is 4.90 Å². The molecule has 1 aliphatic heterocycles. The molecular weight excluding hydrogens is 300 g/mol. The van der Waals surface area contributed by atoms with Crippen LogP contribution in [-0.2, 0) is 4.74 Å². The Hall–Kier alpha value is -0.850. The third-order valence-corrected chi connectivity index (χ3v) is 3.76. The highest BCUT2D eigenvalue weighted by Crippen LogP contribution is 2.23. The van der Waals surface area contributed by atoms with Gasteiger partial charge in [0.15, 0.2) is 4.67 Å². The first-order valence-electron chi connectivity index (χ1n) is 5.93. The van der Waals surface area contributed by atoms with E-state index in [0.29, 0.717) is 23.3 Å². The number of piperidine rings is 1. The van der Waals surface area contributed by atoms with Crippen LogP contribution in [0, 0.1) is 0 Å². The van der Waals surface area contributed by atoms with Crippen LogP contribution in [0.4, 0.5) is 0 Å². The zero-order chi connectivity index (χ0) is 13.1. The summed E-state index contributed by atoms with van der Waals surface area (Å²) in [6.07, 6.45) is 3.29. The molecule has 1 aromatic rings. The summed E-state index contributed by atoms with van der Waals surface area (Å²) in [5.41, 5.74) is 6.30. The summed E-state index contributed by atoms with van der Waals surface area (Å²) in [6, 6.07) is 1.71. The Kier molecular flexibility index (Phi) is 4.42. The number of hydrogen-bond donors (Lipinski definition) is 1. The van der Waals surface area contributed by atoms with Crippen molar-refractivity contribution >= 4 is 21.8 Å². The van der Waals surface area contributed by atoms with Gasteiger partial charge in [0, 0.05) is 32.3 Å². The van der Waals surface area contributed by atoms with Gasteiger partial charge >= 0.3 is 0 Å². The fourth-order valence-corrected chi connectivity index (χ4v) is 2.65. The number of rotatable bonds is 3. The molecule has 100 valence electrons. The second-order valence-electron chi connectivity index (χ2n) is 4.41. The molecule has 0 saturated carbocycles. The lowest BCUT2D eigenvalue weighted by Gasteiger charge is -2.38. The van der Waals surface area contributed by atoms with E-state index in [1.54, 1.807) is 13.2 Å². The summed E-state index contributed by atoms with van der Waals surface area (Å²) in [4.78, 5) is 14.1. The Balaban J connectivity index is 2.10. The van der Waals surface area contributed by atoms with Crippen molar-refractivity contribution in [2.24, 2.45) is 5.73 Å². The van der Waals surface area contributed by atoms with Gasteiger partial charge in [-0.3, -0.25) is 4.79 Å². The van der Waals surface area contributed by atoms with E-state index in [0.717, 1.165) is 12.8 Å². The summed E-state index contributed by atoms with van der Waals surface area (Å²) in [6.45, 7) is 1.12. The van der Waals surface area contributed by atoms with Crippen LogP contribution in [-0.4, -0.2) is 43.2 Å². The standard InChI is InChI=1S/C12H17BrN2O3/c1-17-10-2-3-15(9(5-10)6-14)12(16)8-4-11(13)18-7-8/h4,7,9-10H,2-3,5-6,14H2,1H3/t9-,10+/m1/s1. The number of carbonyl (C=O) groups is 1. The molecule has 2 heterocycles. The van der Waals surface area contributed by atoms with E-state index in [9.17, 15) is 4.79 Å². The topological polar surface area (TPSA) is 68.7 Å². The van der Waals surface area contributed by atoms with Gasteiger partial charge in [-0.15, -0.1) is 0 Å². The molecule has 1 aromatic heterocycles. The third kappa shape index (κ3) is 2.76. The number of furan rings is 1. The molecule has 0 aliphatic carbocycles. The van der Waals surface area contributed by atoms with Crippen LogP contribution in [0.25, 0.3) is 0 Å². The molecule has 0 spiro atoms. The van der Waals surface area contributed by atoms with E-state index >= 15 is 0 Å². The van der Waals surface area contributed by atoms with Gasteiger partial charge in [0.05, 0.1) is 11.7 Å². The summed E-state index contributed by atoms with van der Waals surface area (Å²) >= 11 is 3.20. The van der Waals surface area contributed by atoms with Crippen molar-refractivity contribution in [3.05, 3.63) is 22.6 Å². The lowest BCUT2D eigenvalue weighted by Crippen LogP contribution is -2.51. The Morgan fingerprint density at radius 3 is 3.06 bits per heavy atom. The van der Waals surface area contributed by atoms with Gasteiger partial charge in [-0.25, -0.2) is 0 Å². The Bertz CT molecular complexity index is 421. The average Bonchev–Trinajstić information content (AvgIpc) is 2.83. The maximum atomic E-state index is 12.3. The van der Waals surface area contributed by atoms with Gasteiger partial charge in [-0.05, 0) is 28.8 Å². The van der Waals surface area contributed by atoms with Crippen molar-refractivity contribution in [3.8, 4) is 0 Å². The normalized spacial score (nSPS) is 24.3. The first kappa shape index (κ1) is 13.6. The minimum atomic E-state index is -0.0329. The highest BCUT2D eigenvalue weighted by atomic mass is 79.9. The summed E-state index contributed by atoms with van der Waals surface area (Å²) < 4.78 is 11.0. The van der Waals surface area contributed by atoms with E-state index in [4.69, 9.17) is 14.9 Å². The highest BCUT2D eigenvalue weighted by Gasteiger charge is 2.31. The van der Waals surface area contributed by atoms with Crippen LogP contribution in [0.15, 0.2) is 21.4 Å². The van der Waals surface area contributed by atoms with Gasteiger partial charge in [0.25, 0.3) is 5.91 Å². The third-order valence-electron chi connectivity index (χ3n) is 3.35. The zero-order valence-electron chi connectivity index (χ0n) is 10.3. The van der Waals surface area contributed by atoms with Crippen LogP contribution in [0.5, 0.6) is 0 Å². The molecule has 5 nitrogen and oxygen atoms in total. The van der Waals surface area contributed by atoms with Crippen molar-refractivity contribution in [2.75, 3.05) is 20.2 Å². The molecule has 0 bridgehead atoms. The quantitative estimate of drug-likeness (QED) is 0.920. The number of hydrogen-bond acceptors (Lipinski definition) is 4. The zero-order valence-corrected chi connectivity index (χ0v) is 11.9. The number of nitrogens with zero attached hydrogens (tertiary/aromatic N) is 1. The van der Waals surface area contributed by atoms with Gasteiger partial charge in [-0.1, -0.05) is 0 Å². The van der Waals surface area contributed by atoms with Crippen LogP contribution >= 0.6 is 15.9 Å². The van der Waals surface area contributed by atoms with E-state index < -0.39 is 0 Å². The van der Waals surface area contributed by atoms with Crippen LogP contribution in [0.1, 0.15) is 23.2 Å². The first-order chi connectivity index (χ1) is 8.65. The molecule has 0 radical (unpaired) electrons. The predicted octanol–water partition coefficient (Wildman–Crippen LogP) is 1.62. The molecule has 2 N–H and O–H groups in total. The number of nitrogens with two attached hydrogens (primary N) is 1. The summed E-state index contributed by atoms with van der Waals surface area (Å²) in [7, 11) is 1.70. The number of carbonyl (C=O) groups excluding carboxylic acids is 1. The number of methoxy groups -OCH3 is 1. The van der Waals surface area contributed by atoms with Crippen LogP contribution < -0.4 is 5.73 Å². The lowest BCUT2D eigenvalue weighted by atomic mass is 9.98. The van der Waals surface area contributed by atoms with E-state index in [1.165, 1.54) is 6.26 Å². The molecule has 1 fully saturated rings. The monoisotopic (exact) mass is 316 g/mol. The number of halogens is 1. The summed E-state index contributed by atoms with van der Waals surface area (Å²) in [5.74, 6) is -0.0329.